The Morgan fingerprint density at radius 2 is 1.73 bits per heavy atom. The average Bonchev–Trinajstić information content (AvgIpc) is 2.98. The van der Waals surface area contributed by atoms with Gasteiger partial charge < -0.3 is 15.3 Å². The molecule has 5 heteroatoms. The molecule has 0 spiro atoms. The Labute approximate surface area is 148 Å². The second-order valence-corrected chi connectivity index (χ2v) is 6.32. The molecule has 0 saturated carbocycles. The summed E-state index contributed by atoms with van der Waals surface area (Å²) in [6.45, 7) is 0. The van der Waals surface area contributed by atoms with Gasteiger partial charge in [0.15, 0.2) is 0 Å². The first-order valence-electron chi connectivity index (χ1n) is 8.25. The third-order valence-corrected chi connectivity index (χ3v) is 4.88. The van der Waals surface area contributed by atoms with Gasteiger partial charge in [-0.2, -0.15) is 0 Å². The van der Waals surface area contributed by atoms with Crippen molar-refractivity contribution in [2.75, 3.05) is 0 Å². The van der Waals surface area contributed by atoms with Crippen LogP contribution in [0.25, 0.3) is 21.7 Å². The molecule has 26 heavy (non-hydrogen) atoms. The van der Waals surface area contributed by atoms with Crippen molar-refractivity contribution in [1.82, 2.24) is 0 Å². The van der Waals surface area contributed by atoms with Gasteiger partial charge in [0.25, 0.3) is 0 Å². The van der Waals surface area contributed by atoms with Crippen molar-refractivity contribution in [2.24, 2.45) is 10.7 Å². The topological polar surface area (TPSA) is 88.8 Å². The lowest BCUT2D eigenvalue weighted by molar-refractivity contribution is 0.453. The Bertz CT molecular complexity index is 1290. The summed E-state index contributed by atoms with van der Waals surface area (Å²) >= 11 is 0. The lowest BCUT2D eigenvalue weighted by Crippen LogP contribution is -2.12. The molecule has 0 saturated heterocycles. The van der Waals surface area contributed by atoms with Gasteiger partial charge in [-0.1, -0.05) is 54.6 Å². The minimum Gasteiger partial charge on any atom is -0.507 e. The van der Waals surface area contributed by atoms with Crippen molar-refractivity contribution < 1.29 is 9.52 Å². The molecule has 1 aliphatic heterocycles. The third kappa shape index (κ3) is 1.91. The van der Waals surface area contributed by atoms with E-state index in [4.69, 9.17) is 10.2 Å². The molecule has 0 radical (unpaired) electrons. The van der Waals surface area contributed by atoms with Gasteiger partial charge in [-0.3, -0.25) is 4.99 Å². The van der Waals surface area contributed by atoms with Crippen molar-refractivity contribution in [3.63, 3.8) is 0 Å². The van der Waals surface area contributed by atoms with Gasteiger partial charge >= 0.3 is 5.63 Å². The second kappa shape index (κ2) is 5.20. The fourth-order valence-corrected chi connectivity index (χ4v) is 3.64. The molecule has 1 aliphatic rings. The van der Waals surface area contributed by atoms with Crippen LogP contribution in [0.2, 0.25) is 0 Å². The number of aliphatic imine (C=N–C) groups is 1. The SMILES string of the molecule is NC1=NC(c2c(O)c3ccc4ccccc4c3oc2=O)c2ccccc21. The molecule has 3 aromatic carbocycles. The molecule has 0 amide bonds. The van der Waals surface area contributed by atoms with Crippen molar-refractivity contribution in [1.29, 1.82) is 0 Å². The fourth-order valence-electron chi connectivity index (χ4n) is 3.64. The van der Waals surface area contributed by atoms with E-state index in [2.05, 4.69) is 4.99 Å². The Balaban J connectivity index is 1.83. The van der Waals surface area contributed by atoms with Crippen LogP contribution in [0.4, 0.5) is 0 Å². The first-order chi connectivity index (χ1) is 12.6. The number of rotatable bonds is 1. The maximum atomic E-state index is 12.8. The number of benzene rings is 3. The molecule has 5 nitrogen and oxygen atoms in total. The normalized spacial score (nSPS) is 16.0. The van der Waals surface area contributed by atoms with Crippen LogP contribution in [0, 0.1) is 0 Å². The summed E-state index contributed by atoms with van der Waals surface area (Å²) in [7, 11) is 0. The summed E-state index contributed by atoms with van der Waals surface area (Å²) in [6.07, 6.45) is 0. The molecule has 1 unspecified atom stereocenters. The smallest absolute Gasteiger partial charge is 0.345 e. The molecular formula is C21H14N2O3. The Hall–Kier alpha value is -3.60. The van der Waals surface area contributed by atoms with E-state index in [0.717, 1.165) is 21.9 Å². The molecule has 1 aromatic heterocycles. The van der Waals surface area contributed by atoms with Gasteiger partial charge in [0, 0.05) is 10.9 Å². The number of nitrogens with zero attached hydrogens (tertiary/aromatic N) is 1. The summed E-state index contributed by atoms with van der Waals surface area (Å²) < 4.78 is 5.62. The molecule has 3 N–H and O–H groups in total. The van der Waals surface area contributed by atoms with Crippen LogP contribution in [0.5, 0.6) is 5.75 Å². The van der Waals surface area contributed by atoms with Crippen LogP contribution in [-0.2, 0) is 0 Å². The highest BCUT2D eigenvalue weighted by atomic mass is 16.4. The molecule has 1 atom stereocenters. The Kier molecular flexibility index (Phi) is 2.94. The van der Waals surface area contributed by atoms with E-state index < -0.39 is 11.7 Å². The second-order valence-electron chi connectivity index (χ2n) is 6.32. The minimum absolute atomic E-state index is 0.111. The Morgan fingerprint density at radius 1 is 0.962 bits per heavy atom. The van der Waals surface area contributed by atoms with E-state index in [1.807, 2.05) is 54.6 Å². The van der Waals surface area contributed by atoms with E-state index in [0.29, 0.717) is 16.8 Å². The maximum absolute atomic E-state index is 12.8. The van der Waals surface area contributed by atoms with E-state index in [9.17, 15) is 9.90 Å². The molecule has 2 heterocycles. The van der Waals surface area contributed by atoms with Gasteiger partial charge in [0.1, 0.15) is 28.8 Å². The van der Waals surface area contributed by atoms with Crippen molar-refractivity contribution in [3.05, 3.63) is 87.8 Å². The first kappa shape index (κ1) is 14.7. The summed E-state index contributed by atoms with van der Waals surface area (Å²) in [6, 6.07) is 18.0. The van der Waals surface area contributed by atoms with Crippen molar-refractivity contribution in [3.8, 4) is 5.75 Å². The van der Waals surface area contributed by atoms with Crippen LogP contribution in [-0.4, -0.2) is 10.9 Å². The zero-order valence-corrected chi connectivity index (χ0v) is 13.6. The summed E-state index contributed by atoms with van der Waals surface area (Å²) in [5, 5.41) is 13.1. The monoisotopic (exact) mass is 342 g/mol. The number of hydrogen-bond acceptors (Lipinski definition) is 5. The quantitative estimate of drug-likeness (QED) is 0.409. The van der Waals surface area contributed by atoms with Gasteiger partial charge in [-0.15, -0.1) is 0 Å². The lowest BCUT2D eigenvalue weighted by Gasteiger charge is -2.12. The molecule has 5 rings (SSSR count). The molecule has 4 aromatic rings. The van der Waals surface area contributed by atoms with E-state index in [1.54, 1.807) is 6.07 Å². The van der Waals surface area contributed by atoms with Crippen molar-refractivity contribution in [2.45, 2.75) is 6.04 Å². The molecule has 0 bridgehead atoms. The standard InChI is InChI=1S/C21H14N2O3/c22-20-14-8-4-3-7-13(14)17(23-20)16-18(24)15-10-9-11-5-1-2-6-12(11)19(15)26-21(16)25/h1-10,17,24H,(H2,22,23). The average molecular weight is 342 g/mol. The molecule has 0 aliphatic carbocycles. The third-order valence-electron chi connectivity index (χ3n) is 4.88. The lowest BCUT2D eigenvalue weighted by atomic mass is 9.96. The number of fused-ring (bicyclic) bond motifs is 4. The minimum atomic E-state index is -0.668. The first-order valence-corrected chi connectivity index (χ1v) is 8.25. The van der Waals surface area contributed by atoms with Gasteiger partial charge in [0.05, 0.1) is 5.39 Å². The maximum Gasteiger partial charge on any atom is 0.345 e. The molecular weight excluding hydrogens is 328 g/mol. The van der Waals surface area contributed by atoms with Gasteiger partial charge in [-0.25, -0.2) is 4.79 Å². The van der Waals surface area contributed by atoms with Crippen LogP contribution in [0.15, 0.2) is 74.9 Å². The van der Waals surface area contributed by atoms with Crippen LogP contribution < -0.4 is 11.4 Å². The summed E-state index contributed by atoms with van der Waals surface area (Å²) in [5.41, 5.74) is 7.43. The van der Waals surface area contributed by atoms with Crippen LogP contribution in [0.3, 0.4) is 0 Å². The zero-order chi connectivity index (χ0) is 17.8. The van der Waals surface area contributed by atoms with Crippen LogP contribution in [0.1, 0.15) is 22.7 Å². The molecule has 0 fully saturated rings. The zero-order valence-electron chi connectivity index (χ0n) is 13.6. The predicted molar refractivity (Wildman–Crippen MR) is 101 cm³/mol. The highest BCUT2D eigenvalue weighted by molar-refractivity contribution is 6.06. The van der Waals surface area contributed by atoms with Gasteiger partial charge in [-0.05, 0) is 17.0 Å². The largest absolute Gasteiger partial charge is 0.507 e. The fraction of sp³-hybridized carbons (Fsp3) is 0.0476. The summed E-state index contributed by atoms with van der Waals surface area (Å²) in [5.74, 6) is 0.239. The van der Waals surface area contributed by atoms with Crippen molar-refractivity contribution >= 4 is 27.6 Å². The number of amidine groups is 1. The highest BCUT2D eigenvalue weighted by Gasteiger charge is 2.31. The predicted octanol–water partition coefficient (Wildman–Crippen LogP) is 3.46. The van der Waals surface area contributed by atoms with E-state index >= 15 is 0 Å². The molecule has 126 valence electrons. The summed E-state index contributed by atoms with van der Waals surface area (Å²) in [4.78, 5) is 17.2. The van der Waals surface area contributed by atoms with E-state index in [-0.39, 0.29) is 11.3 Å². The van der Waals surface area contributed by atoms with Gasteiger partial charge in [0.2, 0.25) is 0 Å². The van der Waals surface area contributed by atoms with E-state index in [1.165, 1.54) is 0 Å². The number of nitrogens with two attached hydrogens (primary N) is 1. The highest BCUT2D eigenvalue weighted by Crippen LogP contribution is 2.40. The van der Waals surface area contributed by atoms with Crippen LogP contribution >= 0.6 is 0 Å². The number of hydrogen-bond donors (Lipinski definition) is 2. The Morgan fingerprint density at radius 3 is 2.62 bits per heavy atom. The number of aromatic hydroxyl groups is 1.